The van der Waals surface area contributed by atoms with Gasteiger partial charge >= 0.3 is 0 Å². The summed E-state index contributed by atoms with van der Waals surface area (Å²) < 4.78 is 0. The molecule has 0 spiro atoms. The van der Waals surface area contributed by atoms with Crippen molar-refractivity contribution in [3.8, 4) is 0 Å². The van der Waals surface area contributed by atoms with Gasteiger partial charge < -0.3 is 5.32 Å². The van der Waals surface area contributed by atoms with E-state index < -0.39 is 0 Å². The summed E-state index contributed by atoms with van der Waals surface area (Å²) >= 11 is 6.10. The van der Waals surface area contributed by atoms with Gasteiger partial charge in [-0.15, -0.1) is 0 Å². The number of hydrogen-bond acceptors (Lipinski definition) is 1. The maximum atomic E-state index is 11.3. The van der Waals surface area contributed by atoms with E-state index in [1.807, 2.05) is 24.3 Å². The van der Waals surface area contributed by atoms with E-state index in [0.717, 1.165) is 18.4 Å². The lowest BCUT2D eigenvalue weighted by molar-refractivity contribution is -0.117. The number of benzene rings is 1. The Kier molecular flexibility index (Phi) is 2.53. The van der Waals surface area contributed by atoms with Crippen molar-refractivity contribution in [1.82, 2.24) is 5.32 Å². The Morgan fingerprint density at radius 1 is 1.47 bits per heavy atom. The van der Waals surface area contributed by atoms with Crippen molar-refractivity contribution in [3.05, 3.63) is 47.5 Å². The molecule has 2 rings (SSSR count). The topological polar surface area (TPSA) is 29.1 Å². The third-order valence-electron chi connectivity index (χ3n) is 2.69. The summed E-state index contributed by atoms with van der Waals surface area (Å²) in [7, 11) is 0. The third kappa shape index (κ3) is 1.90. The Hall–Kier alpha value is -1.28. The highest BCUT2D eigenvalue weighted by Crippen LogP contribution is 2.47. The zero-order chi connectivity index (χ0) is 10.9. The van der Waals surface area contributed by atoms with Gasteiger partial charge in [-0.3, -0.25) is 4.79 Å². The summed E-state index contributed by atoms with van der Waals surface area (Å²) in [6.07, 6.45) is 3.17. The summed E-state index contributed by atoms with van der Waals surface area (Å²) in [5, 5.41) is 3.64. The molecular formula is C12H12ClNO. The van der Waals surface area contributed by atoms with Crippen molar-refractivity contribution in [1.29, 1.82) is 0 Å². The van der Waals surface area contributed by atoms with Crippen molar-refractivity contribution in [3.63, 3.8) is 0 Å². The average Bonchev–Trinajstić information content (AvgIpc) is 2.99. The minimum atomic E-state index is -0.246. The molecule has 1 aliphatic carbocycles. The zero-order valence-electron chi connectivity index (χ0n) is 8.29. The van der Waals surface area contributed by atoms with Crippen LogP contribution in [0.15, 0.2) is 36.9 Å². The summed E-state index contributed by atoms with van der Waals surface area (Å²) in [6.45, 7) is 3.44. The van der Waals surface area contributed by atoms with E-state index in [4.69, 9.17) is 11.6 Å². The first kappa shape index (κ1) is 10.2. The van der Waals surface area contributed by atoms with E-state index in [2.05, 4.69) is 11.9 Å². The molecule has 1 aromatic rings. The van der Waals surface area contributed by atoms with E-state index in [0.29, 0.717) is 5.02 Å². The fraction of sp³-hybridized carbons (Fsp3) is 0.250. The molecular weight excluding hydrogens is 210 g/mol. The Labute approximate surface area is 93.9 Å². The first-order chi connectivity index (χ1) is 7.18. The van der Waals surface area contributed by atoms with Crippen LogP contribution in [0.4, 0.5) is 0 Å². The Morgan fingerprint density at radius 3 is 2.67 bits per heavy atom. The summed E-state index contributed by atoms with van der Waals surface area (Å²) in [5.41, 5.74) is 0.755. The molecule has 0 bridgehead atoms. The van der Waals surface area contributed by atoms with Gasteiger partial charge in [0, 0.05) is 5.02 Å². The molecule has 1 fully saturated rings. The van der Waals surface area contributed by atoms with Crippen molar-refractivity contribution < 1.29 is 4.79 Å². The second kappa shape index (κ2) is 3.70. The fourth-order valence-corrected chi connectivity index (χ4v) is 2.04. The Bertz CT molecular complexity index is 410. The summed E-state index contributed by atoms with van der Waals surface area (Å²) in [4.78, 5) is 11.3. The highest BCUT2D eigenvalue weighted by Gasteiger charge is 2.46. The first-order valence-corrected chi connectivity index (χ1v) is 5.25. The van der Waals surface area contributed by atoms with Gasteiger partial charge in [-0.1, -0.05) is 36.4 Å². The van der Waals surface area contributed by atoms with Gasteiger partial charge in [0.1, 0.15) is 0 Å². The van der Waals surface area contributed by atoms with Gasteiger partial charge in [0.25, 0.3) is 0 Å². The fourth-order valence-electron chi connectivity index (χ4n) is 1.72. The maximum absolute atomic E-state index is 11.3. The van der Waals surface area contributed by atoms with Crippen LogP contribution in [0.25, 0.3) is 0 Å². The molecule has 0 unspecified atom stereocenters. The van der Waals surface area contributed by atoms with Gasteiger partial charge in [-0.25, -0.2) is 0 Å². The molecule has 0 atom stereocenters. The molecule has 0 heterocycles. The molecule has 0 radical (unpaired) electrons. The number of carbonyl (C=O) groups excluding carboxylic acids is 1. The monoisotopic (exact) mass is 221 g/mol. The van der Waals surface area contributed by atoms with Crippen molar-refractivity contribution >= 4 is 17.5 Å². The van der Waals surface area contributed by atoms with Gasteiger partial charge in [0.2, 0.25) is 5.91 Å². The SMILES string of the molecule is C=CC(=O)NC1(c2ccccc2Cl)CC1. The molecule has 0 aliphatic heterocycles. The average molecular weight is 222 g/mol. The van der Waals surface area contributed by atoms with Gasteiger partial charge in [-0.2, -0.15) is 0 Å². The minimum absolute atomic E-state index is 0.146. The van der Waals surface area contributed by atoms with Crippen LogP contribution in [0.2, 0.25) is 5.02 Å². The Morgan fingerprint density at radius 2 is 2.13 bits per heavy atom. The zero-order valence-corrected chi connectivity index (χ0v) is 9.05. The second-order valence-corrected chi connectivity index (χ2v) is 4.16. The molecule has 0 aromatic heterocycles. The molecule has 1 aliphatic rings. The van der Waals surface area contributed by atoms with E-state index in [1.54, 1.807) is 0 Å². The van der Waals surface area contributed by atoms with Crippen LogP contribution < -0.4 is 5.32 Å². The van der Waals surface area contributed by atoms with Crippen LogP contribution in [0.5, 0.6) is 0 Å². The molecule has 2 nitrogen and oxygen atoms in total. The number of rotatable bonds is 3. The molecule has 15 heavy (non-hydrogen) atoms. The number of amides is 1. The van der Waals surface area contributed by atoms with E-state index in [9.17, 15) is 4.79 Å². The smallest absolute Gasteiger partial charge is 0.244 e. The maximum Gasteiger partial charge on any atom is 0.244 e. The largest absolute Gasteiger partial charge is 0.343 e. The summed E-state index contributed by atoms with van der Waals surface area (Å²) in [6, 6.07) is 7.62. The lowest BCUT2D eigenvalue weighted by atomic mass is 10.0. The molecule has 3 heteroatoms. The molecule has 1 N–H and O–H groups in total. The third-order valence-corrected chi connectivity index (χ3v) is 3.02. The van der Waals surface area contributed by atoms with Crippen molar-refractivity contribution in [2.75, 3.05) is 0 Å². The quantitative estimate of drug-likeness (QED) is 0.782. The predicted octanol–water partition coefficient (Wildman–Crippen LogP) is 2.63. The number of hydrogen-bond donors (Lipinski definition) is 1. The standard InChI is InChI=1S/C12H12ClNO/c1-2-11(15)14-12(7-8-12)9-5-3-4-6-10(9)13/h2-6H,1,7-8H2,(H,14,15). The van der Waals surface area contributed by atoms with Crippen LogP contribution >= 0.6 is 11.6 Å². The van der Waals surface area contributed by atoms with Crippen LogP contribution in [0.1, 0.15) is 18.4 Å². The number of halogens is 1. The molecule has 1 amide bonds. The van der Waals surface area contributed by atoms with Gasteiger partial charge in [-0.05, 0) is 30.5 Å². The normalized spacial score (nSPS) is 16.9. The van der Waals surface area contributed by atoms with Crippen LogP contribution in [0.3, 0.4) is 0 Å². The van der Waals surface area contributed by atoms with Crippen molar-refractivity contribution in [2.45, 2.75) is 18.4 Å². The lowest BCUT2D eigenvalue weighted by Gasteiger charge is -2.17. The second-order valence-electron chi connectivity index (χ2n) is 3.76. The van der Waals surface area contributed by atoms with E-state index in [1.165, 1.54) is 6.08 Å². The van der Waals surface area contributed by atoms with Gasteiger partial charge in [0.15, 0.2) is 0 Å². The molecule has 0 saturated heterocycles. The van der Waals surface area contributed by atoms with E-state index in [-0.39, 0.29) is 11.4 Å². The van der Waals surface area contributed by atoms with Crippen LogP contribution in [-0.4, -0.2) is 5.91 Å². The van der Waals surface area contributed by atoms with Gasteiger partial charge in [0.05, 0.1) is 5.54 Å². The number of carbonyl (C=O) groups is 1. The summed E-state index contributed by atoms with van der Waals surface area (Å²) in [5.74, 6) is -0.146. The Balaban J connectivity index is 2.27. The highest BCUT2D eigenvalue weighted by molar-refractivity contribution is 6.31. The molecule has 1 aromatic carbocycles. The van der Waals surface area contributed by atoms with Crippen LogP contribution in [-0.2, 0) is 10.3 Å². The number of nitrogens with one attached hydrogen (secondary N) is 1. The van der Waals surface area contributed by atoms with Crippen molar-refractivity contribution in [2.24, 2.45) is 0 Å². The van der Waals surface area contributed by atoms with E-state index >= 15 is 0 Å². The predicted molar refractivity (Wildman–Crippen MR) is 60.7 cm³/mol. The first-order valence-electron chi connectivity index (χ1n) is 4.87. The highest BCUT2D eigenvalue weighted by atomic mass is 35.5. The van der Waals surface area contributed by atoms with Crippen LogP contribution in [0, 0.1) is 0 Å². The molecule has 1 saturated carbocycles. The lowest BCUT2D eigenvalue weighted by Crippen LogP contribution is -2.33. The molecule has 78 valence electrons. The minimum Gasteiger partial charge on any atom is -0.343 e.